The summed E-state index contributed by atoms with van der Waals surface area (Å²) in [7, 11) is 0. The van der Waals surface area contributed by atoms with E-state index in [4.69, 9.17) is 11.0 Å². The van der Waals surface area contributed by atoms with Crippen molar-refractivity contribution < 1.29 is 4.79 Å². The number of nitrogens with one attached hydrogen (secondary N) is 1. The van der Waals surface area contributed by atoms with Gasteiger partial charge in [-0.05, 0) is 19.8 Å². The standard InChI is InChI=1S/C12H17N3OS/c1-4-8(5-2)11(16)15-12-9(6-13)7(3)10(14)17-12/h8H,4-5,14H2,1-3H3,(H,15,16). The molecule has 0 radical (unpaired) electrons. The molecule has 0 bridgehead atoms. The molecule has 0 atom stereocenters. The van der Waals surface area contributed by atoms with E-state index in [9.17, 15) is 4.79 Å². The summed E-state index contributed by atoms with van der Waals surface area (Å²) < 4.78 is 0. The quantitative estimate of drug-likeness (QED) is 0.863. The zero-order chi connectivity index (χ0) is 13.0. The van der Waals surface area contributed by atoms with Gasteiger partial charge in [0.25, 0.3) is 0 Å². The smallest absolute Gasteiger partial charge is 0.228 e. The van der Waals surface area contributed by atoms with Gasteiger partial charge in [-0.1, -0.05) is 25.2 Å². The first-order valence-electron chi connectivity index (χ1n) is 5.64. The maximum Gasteiger partial charge on any atom is 0.228 e. The van der Waals surface area contributed by atoms with Crippen molar-refractivity contribution in [2.24, 2.45) is 5.92 Å². The Kier molecular flexibility index (Phi) is 4.53. The number of thiophene rings is 1. The van der Waals surface area contributed by atoms with E-state index in [0.717, 1.165) is 18.4 Å². The number of nitrogens with zero attached hydrogens (tertiary/aromatic N) is 1. The summed E-state index contributed by atoms with van der Waals surface area (Å²) in [6.07, 6.45) is 1.59. The Hall–Kier alpha value is -1.54. The molecule has 1 aromatic heterocycles. The minimum Gasteiger partial charge on any atom is -0.390 e. The summed E-state index contributed by atoms with van der Waals surface area (Å²) in [6.45, 7) is 5.75. The molecule has 5 heteroatoms. The molecule has 0 aromatic carbocycles. The number of hydrogen-bond acceptors (Lipinski definition) is 4. The Morgan fingerprint density at radius 1 is 1.53 bits per heavy atom. The molecule has 0 aliphatic carbocycles. The van der Waals surface area contributed by atoms with E-state index in [0.29, 0.717) is 15.6 Å². The number of nitrogens with two attached hydrogens (primary N) is 1. The largest absolute Gasteiger partial charge is 0.390 e. The molecule has 0 aliphatic rings. The Balaban J connectivity index is 2.93. The summed E-state index contributed by atoms with van der Waals surface area (Å²) in [5.41, 5.74) is 6.98. The third-order valence-electron chi connectivity index (χ3n) is 2.89. The first-order chi connectivity index (χ1) is 8.04. The van der Waals surface area contributed by atoms with Crippen LogP contribution in [0.5, 0.6) is 0 Å². The molecule has 92 valence electrons. The van der Waals surface area contributed by atoms with Crippen molar-refractivity contribution in [3.8, 4) is 6.07 Å². The minimum absolute atomic E-state index is 0.00910. The van der Waals surface area contributed by atoms with Crippen LogP contribution in [0.3, 0.4) is 0 Å². The van der Waals surface area contributed by atoms with Crippen molar-refractivity contribution >= 4 is 27.2 Å². The van der Waals surface area contributed by atoms with Gasteiger partial charge in [-0.15, -0.1) is 0 Å². The molecule has 0 aliphatic heterocycles. The molecule has 1 amide bonds. The number of carbonyl (C=O) groups excluding carboxylic acids is 1. The summed E-state index contributed by atoms with van der Waals surface area (Å²) in [4.78, 5) is 11.9. The maximum absolute atomic E-state index is 11.9. The first kappa shape index (κ1) is 13.5. The van der Waals surface area contributed by atoms with E-state index < -0.39 is 0 Å². The highest BCUT2D eigenvalue weighted by molar-refractivity contribution is 7.20. The van der Waals surface area contributed by atoms with Crippen molar-refractivity contribution in [2.75, 3.05) is 11.1 Å². The zero-order valence-electron chi connectivity index (χ0n) is 10.3. The molecular formula is C12H17N3OS. The van der Waals surface area contributed by atoms with Crippen LogP contribution in [0, 0.1) is 24.2 Å². The second-order valence-corrected chi connectivity index (χ2v) is 4.96. The van der Waals surface area contributed by atoms with Crippen LogP contribution in [0.4, 0.5) is 10.0 Å². The van der Waals surface area contributed by atoms with Crippen molar-refractivity contribution in [3.63, 3.8) is 0 Å². The Bertz CT molecular complexity index is 455. The number of hydrogen-bond donors (Lipinski definition) is 2. The average molecular weight is 251 g/mol. The maximum atomic E-state index is 11.9. The van der Waals surface area contributed by atoms with E-state index in [2.05, 4.69) is 11.4 Å². The van der Waals surface area contributed by atoms with Crippen LogP contribution in [-0.2, 0) is 4.79 Å². The van der Waals surface area contributed by atoms with E-state index in [1.807, 2.05) is 13.8 Å². The predicted molar refractivity (Wildman–Crippen MR) is 70.9 cm³/mol. The van der Waals surface area contributed by atoms with Gasteiger partial charge in [-0.25, -0.2) is 0 Å². The molecule has 4 nitrogen and oxygen atoms in total. The highest BCUT2D eigenvalue weighted by Gasteiger charge is 2.19. The van der Waals surface area contributed by atoms with Gasteiger partial charge < -0.3 is 11.1 Å². The molecule has 1 rings (SSSR count). The van der Waals surface area contributed by atoms with Gasteiger partial charge in [-0.2, -0.15) is 5.26 Å². The van der Waals surface area contributed by atoms with Gasteiger partial charge in [0, 0.05) is 11.5 Å². The van der Waals surface area contributed by atoms with Crippen LogP contribution in [0.25, 0.3) is 0 Å². The lowest BCUT2D eigenvalue weighted by Crippen LogP contribution is -2.21. The van der Waals surface area contributed by atoms with Crippen molar-refractivity contribution in [1.29, 1.82) is 5.26 Å². The van der Waals surface area contributed by atoms with E-state index >= 15 is 0 Å². The fraction of sp³-hybridized carbons (Fsp3) is 0.500. The highest BCUT2D eigenvalue weighted by Crippen LogP contribution is 2.34. The summed E-state index contributed by atoms with van der Waals surface area (Å²) in [5, 5.41) is 13.0. The molecule has 0 saturated heterocycles. The van der Waals surface area contributed by atoms with Crippen LogP contribution < -0.4 is 11.1 Å². The summed E-state index contributed by atoms with van der Waals surface area (Å²) >= 11 is 1.26. The molecule has 0 fully saturated rings. The molecule has 17 heavy (non-hydrogen) atoms. The number of nitriles is 1. The van der Waals surface area contributed by atoms with Gasteiger partial charge in [0.05, 0.1) is 10.6 Å². The van der Waals surface area contributed by atoms with Gasteiger partial charge >= 0.3 is 0 Å². The molecular weight excluding hydrogens is 234 g/mol. The van der Waals surface area contributed by atoms with Crippen molar-refractivity contribution in [2.45, 2.75) is 33.6 Å². The molecule has 0 spiro atoms. The van der Waals surface area contributed by atoms with E-state index in [1.165, 1.54) is 11.3 Å². The van der Waals surface area contributed by atoms with Crippen LogP contribution >= 0.6 is 11.3 Å². The average Bonchev–Trinajstić information content (AvgIpc) is 2.56. The minimum atomic E-state index is -0.0345. The Morgan fingerprint density at radius 2 is 2.12 bits per heavy atom. The van der Waals surface area contributed by atoms with Crippen LogP contribution in [0.2, 0.25) is 0 Å². The second kappa shape index (κ2) is 5.69. The zero-order valence-corrected chi connectivity index (χ0v) is 11.1. The third kappa shape index (κ3) is 2.77. The molecule has 1 aromatic rings. The van der Waals surface area contributed by atoms with Crippen molar-refractivity contribution in [3.05, 3.63) is 11.1 Å². The van der Waals surface area contributed by atoms with Crippen LogP contribution in [0.15, 0.2) is 0 Å². The number of rotatable bonds is 4. The molecule has 1 heterocycles. The molecule has 3 N–H and O–H groups in total. The van der Waals surface area contributed by atoms with Crippen LogP contribution in [-0.4, -0.2) is 5.91 Å². The lowest BCUT2D eigenvalue weighted by atomic mass is 10.0. The Morgan fingerprint density at radius 3 is 2.59 bits per heavy atom. The SMILES string of the molecule is CCC(CC)C(=O)Nc1sc(N)c(C)c1C#N. The molecule has 0 unspecified atom stereocenters. The van der Waals surface area contributed by atoms with E-state index in [1.54, 1.807) is 6.92 Å². The third-order valence-corrected chi connectivity index (χ3v) is 3.93. The number of amides is 1. The highest BCUT2D eigenvalue weighted by atomic mass is 32.1. The van der Waals surface area contributed by atoms with Gasteiger partial charge in [0.15, 0.2) is 0 Å². The fourth-order valence-electron chi connectivity index (χ4n) is 1.63. The second-order valence-electron chi connectivity index (χ2n) is 3.91. The predicted octanol–water partition coefficient (Wildman–Crippen LogP) is 2.89. The fourth-order valence-corrected chi connectivity index (χ4v) is 2.55. The summed E-state index contributed by atoms with van der Waals surface area (Å²) in [6, 6.07) is 2.08. The lowest BCUT2D eigenvalue weighted by molar-refractivity contribution is -0.120. The summed E-state index contributed by atoms with van der Waals surface area (Å²) in [5.74, 6) is -0.0436. The number of carbonyl (C=O) groups is 1. The van der Waals surface area contributed by atoms with Crippen LogP contribution in [0.1, 0.15) is 37.8 Å². The molecule has 0 saturated carbocycles. The normalized spacial score (nSPS) is 10.3. The topological polar surface area (TPSA) is 78.9 Å². The van der Waals surface area contributed by atoms with Crippen molar-refractivity contribution in [1.82, 2.24) is 0 Å². The monoisotopic (exact) mass is 251 g/mol. The van der Waals surface area contributed by atoms with Gasteiger partial charge in [-0.3, -0.25) is 4.79 Å². The number of anilines is 2. The van der Waals surface area contributed by atoms with Gasteiger partial charge in [0.1, 0.15) is 11.1 Å². The van der Waals surface area contributed by atoms with E-state index in [-0.39, 0.29) is 11.8 Å². The first-order valence-corrected chi connectivity index (χ1v) is 6.46. The number of nitrogen functional groups attached to an aromatic ring is 1. The lowest BCUT2D eigenvalue weighted by Gasteiger charge is -2.11. The Labute approximate surface area is 105 Å². The van der Waals surface area contributed by atoms with Gasteiger partial charge in [0.2, 0.25) is 5.91 Å².